The van der Waals surface area contributed by atoms with E-state index in [0.717, 1.165) is 43.9 Å². The molecule has 1 saturated heterocycles. The zero-order chi connectivity index (χ0) is 17.6. The van der Waals surface area contributed by atoms with Crippen molar-refractivity contribution < 1.29 is 14.3 Å². The van der Waals surface area contributed by atoms with Gasteiger partial charge in [-0.1, -0.05) is 26.0 Å². The van der Waals surface area contributed by atoms with E-state index in [4.69, 9.17) is 9.47 Å². The molecule has 5 nitrogen and oxygen atoms in total. The summed E-state index contributed by atoms with van der Waals surface area (Å²) in [4.78, 5) is 14.8. The van der Waals surface area contributed by atoms with Crippen LogP contribution in [0, 0.1) is 5.92 Å². The van der Waals surface area contributed by atoms with Crippen molar-refractivity contribution in [3.8, 4) is 5.75 Å². The first-order chi connectivity index (χ1) is 12.1. The average molecular weight is 346 g/mol. The Labute approximate surface area is 150 Å². The van der Waals surface area contributed by atoms with Gasteiger partial charge in [0.05, 0.1) is 13.2 Å². The molecule has 0 bridgehead atoms. The van der Waals surface area contributed by atoms with Crippen molar-refractivity contribution >= 4 is 5.91 Å². The molecule has 1 N–H and O–H groups in total. The summed E-state index contributed by atoms with van der Waals surface area (Å²) in [6.45, 7) is 8.41. The first-order valence-corrected chi connectivity index (χ1v) is 9.49. The summed E-state index contributed by atoms with van der Waals surface area (Å²) in [5.74, 6) is 1.48. The van der Waals surface area contributed by atoms with Crippen molar-refractivity contribution in [2.75, 3.05) is 32.8 Å². The molecule has 1 fully saturated rings. The van der Waals surface area contributed by atoms with Gasteiger partial charge in [0, 0.05) is 26.2 Å². The van der Waals surface area contributed by atoms with Crippen molar-refractivity contribution in [2.45, 2.75) is 45.8 Å². The largest absolute Gasteiger partial charge is 0.493 e. The quantitative estimate of drug-likeness (QED) is 0.889. The third kappa shape index (κ3) is 4.95. The minimum absolute atomic E-state index is 0.0803. The van der Waals surface area contributed by atoms with E-state index >= 15 is 0 Å². The highest BCUT2D eigenvalue weighted by Crippen LogP contribution is 2.26. The monoisotopic (exact) mass is 346 g/mol. The van der Waals surface area contributed by atoms with E-state index in [1.807, 2.05) is 4.90 Å². The van der Waals surface area contributed by atoms with Crippen LogP contribution in [0.3, 0.4) is 0 Å². The molecule has 0 saturated carbocycles. The number of benzene rings is 1. The van der Waals surface area contributed by atoms with Gasteiger partial charge in [0.15, 0.2) is 0 Å². The minimum Gasteiger partial charge on any atom is -0.493 e. The van der Waals surface area contributed by atoms with Gasteiger partial charge >= 0.3 is 0 Å². The number of ether oxygens (including phenoxy) is 2. The highest BCUT2D eigenvalue weighted by atomic mass is 16.5. The molecular weight excluding hydrogens is 316 g/mol. The van der Waals surface area contributed by atoms with Gasteiger partial charge < -0.3 is 19.7 Å². The standard InChI is InChI=1S/C20H30N2O3/c1-15(2)13-22(20(23)19-12-21-8-10-25-19)14-16-6-7-17-5-3-4-9-24-18(17)11-16/h6-7,11,15,19,21H,3-5,8-10,12-14H2,1-2H3. The van der Waals surface area contributed by atoms with Crippen LogP contribution in [0.25, 0.3) is 0 Å². The minimum atomic E-state index is -0.371. The van der Waals surface area contributed by atoms with E-state index in [0.29, 0.717) is 25.6 Å². The van der Waals surface area contributed by atoms with E-state index in [-0.39, 0.29) is 12.0 Å². The molecule has 3 rings (SSSR count). The predicted molar refractivity (Wildman–Crippen MR) is 97.7 cm³/mol. The first-order valence-electron chi connectivity index (χ1n) is 9.49. The molecule has 5 heteroatoms. The van der Waals surface area contributed by atoms with Gasteiger partial charge in [-0.25, -0.2) is 0 Å². The molecule has 0 aromatic heterocycles. The number of nitrogens with zero attached hydrogens (tertiary/aromatic N) is 1. The summed E-state index contributed by atoms with van der Waals surface area (Å²) < 4.78 is 11.6. The first kappa shape index (κ1) is 18.2. The Kier molecular flexibility index (Phi) is 6.32. The highest BCUT2D eigenvalue weighted by molar-refractivity contribution is 5.81. The Bertz CT molecular complexity index is 582. The number of morpholine rings is 1. The molecule has 0 aliphatic carbocycles. The average Bonchev–Trinajstić information content (AvgIpc) is 2.86. The van der Waals surface area contributed by atoms with E-state index in [1.54, 1.807) is 0 Å². The summed E-state index contributed by atoms with van der Waals surface area (Å²) >= 11 is 0. The lowest BCUT2D eigenvalue weighted by atomic mass is 10.0. The fraction of sp³-hybridized carbons (Fsp3) is 0.650. The predicted octanol–water partition coefficient (Wildman–Crippen LogP) is 2.37. The smallest absolute Gasteiger partial charge is 0.253 e. The van der Waals surface area contributed by atoms with Crippen LogP contribution in [-0.4, -0.2) is 49.8 Å². The molecule has 2 aliphatic rings. The van der Waals surface area contributed by atoms with Crippen molar-refractivity contribution in [1.29, 1.82) is 0 Å². The lowest BCUT2D eigenvalue weighted by Crippen LogP contribution is -2.49. The second kappa shape index (κ2) is 8.68. The molecule has 1 unspecified atom stereocenters. The molecule has 0 radical (unpaired) electrons. The Morgan fingerprint density at radius 3 is 2.96 bits per heavy atom. The maximum atomic E-state index is 12.9. The lowest BCUT2D eigenvalue weighted by Gasteiger charge is -2.31. The number of hydrogen-bond donors (Lipinski definition) is 1. The van der Waals surface area contributed by atoms with E-state index in [2.05, 4.69) is 37.4 Å². The van der Waals surface area contributed by atoms with Crippen molar-refractivity contribution in [2.24, 2.45) is 5.92 Å². The van der Waals surface area contributed by atoms with Crippen LogP contribution in [0.15, 0.2) is 18.2 Å². The summed E-state index contributed by atoms with van der Waals surface area (Å²) in [5, 5.41) is 3.24. The maximum Gasteiger partial charge on any atom is 0.253 e. The molecule has 2 aliphatic heterocycles. The molecule has 0 spiro atoms. The van der Waals surface area contributed by atoms with Crippen LogP contribution in [0.5, 0.6) is 5.75 Å². The summed E-state index contributed by atoms with van der Waals surface area (Å²) in [6.07, 6.45) is 2.99. The van der Waals surface area contributed by atoms with Gasteiger partial charge in [0.25, 0.3) is 5.91 Å². The zero-order valence-corrected chi connectivity index (χ0v) is 15.4. The van der Waals surface area contributed by atoms with E-state index in [1.165, 1.54) is 12.0 Å². The Morgan fingerprint density at radius 1 is 1.32 bits per heavy atom. The summed E-state index contributed by atoms with van der Waals surface area (Å²) in [5.41, 5.74) is 2.40. The van der Waals surface area contributed by atoms with Crippen LogP contribution >= 0.6 is 0 Å². The third-order valence-electron chi connectivity index (χ3n) is 4.70. The van der Waals surface area contributed by atoms with Gasteiger partial charge in [0.1, 0.15) is 11.9 Å². The zero-order valence-electron chi connectivity index (χ0n) is 15.4. The lowest BCUT2D eigenvalue weighted by molar-refractivity contribution is -0.146. The van der Waals surface area contributed by atoms with Crippen LogP contribution < -0.4 is 10.1 Å². The number of amides is 1. The van der Waals surface area contributed by atoms with Crippen molar-refractivity contribution in [3.05, 3.63) is 29.3 Å². The van der Waals surface area contributed by atoms with E-state index in [9.17, 15) is 4.79 Å². The Hall–Kier alpha value is -1.59. The fourth-order valence-electron chi connectivity index (χ4n) is 3.46. The number of carbonyl (C=O) groups excluding carboxylic acids is 1. The number of rotatable bonds is 5. The SMILES string of the molecule is CC(C)CN(Cc1ccc2c(c1)OCCCC2)C(=O)C1CNCCO1. The van der Waals surface area contributed by atoms with Gasteiger partial charge in [-0.15, -0.1) is 0 Å². The fourth-order valence-corrected chi connectivity index (χ4v) is 3.46. The Morgan fingerprint density at radius 2 is 2.20 bits per heavy atom. The van der Waals surface area contributed by atoms with Crippen LogP contribution in [-0.2, 0) is 22.5 Å². The van der Waals surface area contributed by atoms with Gasteiger partial charge in [0.2, 0.25) is 0 Å². The molecule has 1 aromatic rings. The topological polar surface area (TPSA) is 50.8 Å². The van der Waals surface area contributed by atoms with Gasteiger partial charge in [-0.05, 0) is 42.4 Å². The van der Waals surface area contributed by atoms with E-state index < -0.39 is 0 Å². The number of carbonyl (C=O) groups is 1. The number of hydrogen-bond acceptors (Lipinski definition) is 4. The van der Waals surface area contributed by atoms with Crippen molar-refractivity contribution in [3.63, 3.8) is 0 Å². The summed E-state index contributed by atoms with van der Waals surface area (Å²) in [6, 6.07) is 6.40. The molecule has 25 heavy (non-hydrogen) atoms. The maximum absolute atomic E-state index is 12.9. The second-order valence-corrected chi connectivity index (χ2v) is 7.42. The second-order valence-electron chi connectivity index (χ2n) is 7.42. The van der Waals surface area contributed by atoms with Crippen LogP contribution in [0.4, 0.5) is 0 Å². The third-order valence-corrected chi connectivity index (χ3v) is 4.70. The normalized spacial score (nSPS) is 20.5. The van der Waals surface area contributed by atoms with Crippen molar-refractivity contribution in [1.82, 2.24) is 10.2 Å². The molecule has 1 aromatic carbocycles. The molecule has 138 valence electrons. The number of aryl methyl sites for hydroxylation is 1. The van der Waals surface area contributed by atoms with Crippen LogP contribution in [0.1, 0.15) is 37.8 Å². The number of fused-ring (bicyclic) bond motifs is 1. The van der Waals surface area contributed by atoms with Gasteiger partial charge in [-0.3, -0.25) is 4.79 Å². The molecule has 1 atom stereocenters. The molecule has 1 amide bonds. The number of nitrogens with one attached hydrogen (secondary N) is 1. The highest BCUT2D eigenvalue weighted by Gasteiger charge is 2.27. The molecular formula is C20H30N2O3. The van der Waals surface area contributed by atoms with Gasteiger partial charge in [-0.2, -0.15) is 0 Å². The molecule has 2 heterocycles. The van der Waals surface area contributed by atoms with Crippen LogP contribution in [0.2, 0.25) is 0 Å². The Balaban J connectivity index is 1.73. The summed E-state index contributed by atoms with van der Waals surface area (Å²) in [7, 11) is 0.